The summed E-state index contributed by atoms with van der Waals surface area (Å²) in [6.07, 6.45) is 12.2. The fourth-order valence-electron chi connectivity index (χ4n) is 7.92. The molecule has 15 heteroatoms. The summed E-state index contributed by atoms with van der Waals surface area (Å²) < 4.78 is 50.5. The Morgan fingerprint density at radius 2 is 1.21 bits per heavy atom. The summed E-state index contributed by atoms with van der Waals surface area (Å²) in [6, 6.07) is 10.8. The monoisotopic (exact) mass is 1040 g/mol. The second kappa shape index (κ2) is 34.9. The summed E-state index contributed by atoms with van der Waals surface area (Å²) >= 11 is 0. The molecule has 0 aliphatic carbocycles. The van der Waals surface area contributed by atoms with Crippen LogP contribution < -0.4 is 5.32 Å². The molecule has 12 nitrogen and oxygen atoms in total. The van der Waals surface area contributed by atoms with E-state index in [2.05, 4.69) is 92.3 Å². The number of aliphatic hydroxyl groups is 1. The molecule has 1 aromatic rings. The fourth-order valence-corrected chi connectivity index (χ4v) is 10.4. The number of carbonyl (C=O) groups is 2. The van der Waals surface area contributed by atoms with Crippen molar-refractivity contribution >= 4 is 36.3 Å². The van der Waals surface area contributed by atoms with Gasteiger partial charge in [0.2, 0.25) is 5.91 Å². The number of hydrogen-bond acceptors (Lipinski definition) is 11. The summed E-state index contributed by atoms with van der Waals surface area (Å²) in [4.78, 5) is 28.6. The van der Waals surface area contributed by atoms with Gasteiger partial charge in [0, 0.05) is 29.4 Å². The highest BCUT2D eigenvalue weighted by Crippen LogP contribution is 2.37. The predicted molar refractivity (Wildman–Crippen MR) is 293 cm³/mol. The first-order chi connectivity index (χ1) is 33.0. The van der Waals surface area contributed by atoms with Gasteiger partial charge in [-0.05, 0) is 48.6 Å². The lowest BCUT2D eigenvalue weighted by molar-refractivity contribution is -0.272. The number of benzene rings is 1. The highest BCUT2D eigenvalue weighted by atomic mass is 28.4. The fraction of sp³-hybridized carbons (Fsp3) is 0.855. The third-order valence-corrected chi connectivity index (χ3v) is 21.7. The highest BCUT2D eigenvalue weighted by molar-refractivity contribution is 6.76. The van der Waals surface area contributed by atoms with Gasteiger partial charge >= 0.3 is 5.97 Å². The molecule has 1 heterocycles. The Kier molecular flexibility index (Phi) is 32.2. The molecule has 1 fully saturated rings. The molecule has 0 bridgehead atoms. The second-order valence-corrected chi connectivity index (χ2v) is 40.0. The molecule has 2 rings (SSSR count). The molecule has 1 aliphatic heterocycles. The molecule has 1 saturated heterocycles. The third-order valence-electron chi connectivity index (χ3n) is 13.8. The van der Waals surface area contributed by atoms with Crippen LogP contribution >= 0.6 is 0 Å². The van der Waals surface area contributed by atoms with E-state index in [9.17, 15) is 14.7 Å². The maximum atomic E-state index is 14.4. The van der Waals surface area contributed by atoms with Crippen LogP contribution in [0.25, 0.3) is 0 Å². The summed E-state index contributed by atoms with van der Waals surface area (Å²) in [5, 5.41) is 15.3. The molecule has 7 atom stereocenters. The molecule has 1 amide bonds. The molecular formula is C55H105NO11Si3. The summed E-state index contributed by atoms with van der Waals surface area (Å²) in [7, 11) is -5.14. The van der Waals surface area contributed by atoms with E-state index >= 15 is 0 Å². The van der Waals surface area contributed by atoms with Gasteiger partial charge in [-0.25, -0.2) is 0 Å². The molecule has 2 unspecified atom stereocenters. The van der Waals surface area contributed by atoms with Crippen LogP contribution in [0.2, 0.25) is 69.5 Å². The number of esters is 1. The van der Waals surface area contributed by atoms with Gasteiger partial charge in [-0.1, -0.05) is 194 Å². The average molecular weight is 1040 g/mol. The Morgan fingerprint density at radius 1 is 0.700 bits per heavy atom. The molecule has 1 aliphatic rings. The first kappa shape index (κ1) is 64.6. The second-order valence-electron chi connectivity index (χ2n) is 23.9. The summed E-state index contributed by atoms with van der Waals surface area (Å²) in [5.41, 5.74) is 1.03. The summed E-state index contributed by atoms with van der Waals surface area (Å²) in [6.45, 7) is 30.6. The number of unbranched alkanes of at least 4 members (excludes halogenated alkanes) is 12. The number of aliphatic hydroxyl groups excluding tert-OH is 1. The van der Waals surface area contributed by atoms with Gasteiger partial charge in [-0.15, -0.1) is 0 Å². The number of carbonyl (C=O) groups excluding carboxylic acids is 2. The number of rotatable bonds is 40. The maximum Gasteiger partial charge on any atom is 0.308 e. The molecule has 1 aromatic carbocycles. The van der Waals surface area contributed by atoms with Gasteiger partial charge in [0.1, 0.15) is 31.8 Å². The van der Waals surface area contributed by atoms with Crippen LogP contribution in [-0.4, -0.2) is 118 Å². The van der Waals surface area contributed by atoms with E-state index in [1.54, 1.807) is 0 Å². The Balaban J connectivity index is 2.40. The van der Waals surface area contributed by atoms with Crippen LogP contribution in [0.4, 0.5) is 0 Å². The topological polar surface area (TPSA) is 140 Å². The van der Waals surface area contributed by atoms with Crippen molar-refractivity contribution in [3.63, 3.8) is 0 Å². The quantitative estimate of drug-likeness (QED) is 0.0281. The standard InChI is InChI=1S/C55H105NO11Si3/c1-14-16-18-20-21-22-23-25-30-33-46(63-43-60-35-37-68(6,7)8)39-49(57)56-51-53(52(59)48(42-65-70(12,13)55(3,4)5)66-54(51)62-36-38-69(9,10)11)67-50(58)40-47(34-29-24-19-17-15-2)64-44-61-41-45-31-27-26-28-32-45/h26-28,31-32,46-48,51-54,59H,14-25,29-30,33-44H2,1-13H3,(H,56,57)/t46?,47?,48-,51-,52-,53-,54-/m1/s1. The minimum absolute atomic E-state index is 0.0197. The Hall–Kier alpha value is -1.51. The van der Waals surface area contributed by atoms with E-state index < -0.39 is 67.2 Å². The minimum atomic E-state index is -2.29. The Bertz CT molecular complexity index is 1500. The molecule has 2 N–H and O–H groups in total. The van der Waals surface area contributed by atoms with E-state index in [0.717, 1.165) is 69.0 Å². The summed E-state index contributed by atoms with van der Waals surface area (Å²) in [5.74, 6) is -0.845. The number of amides is 1. The molecule has 0 radical (unpaired) electrons. The molecule has 70 heavy (non-hydrogen) atoms. The molecule has 0 saturated carbocycles. The van der Waals surface area contributed by atoms with Crippen LogP contribution in [0.15, 0.2) is 30.3 Å². The first-order valence-corrected chi connectivity index (χ1v) is 37.9. The zero-order valence-electron chi connectivity index (χ0n) is 46.8. The molecular weight excluding hydrogens is 935 g/mol. The smallest absolute Gasteiger partial charge is 0.308 e. The van der Waals surface area contributed by atoms with Crippen LogP contribution in [0.3, 0.4) is 0 Å². The minimum Gasteiger partial charge on any atom is -0.457 e. The van der Waals surface area contributed by atoms with Gasteiger partial charge in [0.15, 0.2) is 20.7 Å². The van der Waals surface area contributed by atoms with E-state index in [4.69, 9.17) is 37.6 Å². The third kappa shape index (κ3) is 29.4. The SMILES string of the molecule is CCCCCCCCCCCC(CC(=O)N[C@H]1[C@H](OCC[Si](C)(C)C)O[C@H](CO[Si](C)(C)C(C)(C)C)[C@@H](O)[C@@H]1OC(=O)CC(CCCCCCC)OCOCc1ccccc1)OCOCC[Si](C)(C)C. The van der Waals surface area contributed by atoms with Gasteiger partial charge in [-0.3, -0.25) is 9.59 Å². The van der Waals surface area contributed by atoms with Crippen LogP contribution in [0, 0.1) is 0 Å². The van der Waals surface area contributed by atoms with Crippen molar-refractivity contribution in [2.45, 2.75) is 269 Å². The largest absolute Gasteiger partial charge is 0.457 e. The van der Waals surface area contributed by atoms with Crippen molar-refractivity contribution in [2.75, 3.05) is 33.4 Å². The van der Waals surface area contributed by atoms with Crippen LogP contribution in [0.5, 0.6) is 0 Å². The van der Waals surface area contributed by atoms with Gasteiger partial charge in [0.05, 0.1) is 38.3 Å². The Labute approximate surface area is 430 Å². The van der Waals surface area contributed by atoms with Crippen molar-refractivity contribution in [3.05, 3.63) is 35.9 Å². The highest BCUT2D eigenvalue weighted by Gasteiger charge is 2.50. The lowest BCUT2D eigenvalue weighted by Crippen LogP contribution is -2.66. The van der Waals surface area contributed by atoms with Crippen molar-refractivity contribution in [3.8, 4) is 0 Å². The normalized spacial score (nSPS) is 20.1. The number of ether oxygens (including phenoxy) is 7. The maximum absolute atomic E-state index is 14.4. The number of nitrogens with one attached hydrogen (secondary N) is 1. The van der Waals surface area contributed by atoms with Crippen LogP contribution in [-0.2, 0) is 53.8 Å². The average Bonchev–Trinajstić information content (AvgIpc) is 3.27. The van der Waals surface area contributed by atoms with Crippen molar-refractivity contribution < 1.29 is 52.3 Å². The van der Waals surface area contributed by atoms with Gasteiger partial charge in [0.25, 0.3) is 0 Å². The zero-order valence-corrected chi connectivity index (χ0v) is 49.8. The predicted octanol–water partition coefficient (Wildman–Crippen LogP) is 13.2. The lowest BCUT2D eigenvalue weighted by Gasteiger charge is -2.45. The lowest BCUT2D eigenvalue weighted by atomic mass is 9.96. The van der Waals surface area contributed by atoms with E-state index in [-0.39, 0.29) is 50.1 Å². The molecule has 408 valence electrons. The number of hydrogen-bond donors (Lipinski definition) is 2. The van der Waals surface area contributed by atoms with E-state index in [1.807, 2.05) is 30.3 Å². The van der Waals surface area contributed by atoms with E-state index in [0.29, 0.717) is 32.7 Å². The van der Waals surface area contributed by atoms with Gasteiger partial charge < -0.3 is 48.0 Å². The van der Waals surface area contributed by atoms with Crippen molar-refractivity contribution in [1.29, 1.82) is 0 Å². The first-order valence-electron chi connectivity index (χ1n) is 27.6. The van der Waals surface area contributed by atoms with E-state index in [1.165, 1.54) is 38.5 Å². The van der Waals surface area contributed by atoms with Crippen molar-refractivity contribution in [2.24, 2.45) is 0 Å². The molecule has 0 aromatic heterocycles. The van der Waals surface area contributed by atoms with Gasteiger partial charge in [-0.2, -0.15) is 0 Å². The molecule has 0 spiro atoms. The Morgan fingerprint density at radius 3 is 1.76 bits per heavy atom. The van der Waals surface area contributed by atoms with Crippen molar-refractivity contribution in [1.82, 2.24) is 5.32 Å². The zero-order chi connectivity index (χ0) is 52.1. The van der Waals surface area contributed by atoms with Crippen LogP contribution in [0.1, 0.15) is 156 Å².